The molecular weight excluding hydrogens is 212 g/mol. The van der Waals surface area contributed by atoms with Crippen molar-refractivity contribution in [3.63, 3.8) is 0 Å². The van der Waals surface area contributed by atoms with Crippen LogP contribution in [0.5, 0.6) is 0 Å². The van der Waals surface area contributed by atoms with E-state index in [1.165, 1.54) is 0 Å². The number of hydrogen-bond acceptors (Lipinski definition) is 2. The van der Waals surface area contributed by atoms with Gasteiger partial charge in [-0.1, -0.05) is 13.3 Å². The predicted molar refractivity (Wildman–Crippen MR) is 58.7 cm³/mol. The van der Waals surface area contributed by atoms with Crippen LogP contribution in [0.2, 0.25) is 0 Å². The number of hydrogen-bond donors (Lipinski definition) is 1. The molecule has 1 atom stereocenters. The summed E-state index contributed by atoms with van der Waals surface area (Å²) in [5, 5.41) is 3.44. The van der Waals surface area contributed by atoms with E-state index >= 15 is 0 Å². The molecule has 0 aromatic heterocycles. The third-order valence-electron chi connectivity index (χ3n) is 3.84. The van der Waals surface area contributed by atoms with Gasteiger partial charge in [0.05, 0.1) is 20.0 Å². The van der Waals surface area contributed by atoms with E-state index in [0.29, 0.717) is 25.5 Å². The summed E-state index contributed by atoms with van der Waals surface area (Å²) in [5.74, 6) is 0. The summed E-state index contributed by atoms with van der Waals surface area (Å²) in [6.45, 7) is 1.72. The van der Waals surface area contributed by atoms with Crippen LogP contribution in [-0.2, 0) is 4.74 Å². The van der Waals surface area contributed by atoms with E-state index in [-0.39, 0.29) is 0 Å². The molecule has 0 aromatic rings. The number of halogens is 2. The van der Waals surface area contributed by atoms with Gasteiger partial charge in [0.1, 0.15) is 5.72 Å². The van der Waals surface area contributed by atoms with E-state index in [9.17, 15) is 8.78 Å². The maximum atomic E-state index is 12.8. The summed E-state index contributed by atoms with van der Waals surface area (Å²) >= 11 is 0. The molecule has 2 rings (SSSR count). The molecule has 16 heavy (non-hydrogen) atoms. The quantitative estimate of drug-likeness (QED) is 0.806. The molecule has 4 heteroatoms. The Balaban J connectivity index is 1.91. The molecule has 2 aliphatic rings. The SMILES string of the molecule is CCCC1CCOC2(CC(CF)(CF)C2)N1. The molecule has 1 aliphatic heterocycles. The Morgan fingerprint density at radius 1 is 1.31 bits per heavy atom. The summed E-state index contributed by atoms with van der Waals surface area (Å²) in [7, 11) is 0. The van der Waals surface area contributed by atoms with E-state index in [2.05, 4.69) is 12.2 Å². The lowest BCUT2D eigenvalue weighted by Gasteiger charge is -2.57. The molecule has 1 unspecified atom stereocenters. The highest BCUT2D eigenvalue weighted by Crippen LogP contribution is 2.51. The van der Waals surface area contributed by atoms with E-state index in [0.717, 1.165) is 19.3 Å². The number of nitrogens with one attached hydrogen (secondary N) is 1. The molecule has 1 N–H and O–H groups in total. The zero-order chi connectivity index (χ0) is 11.6. The highest BCUT2D eigenvalue weighted by Gasteiger charge is 2.57. The van der Waals surface area contributed by atoms with Crippen molar-refractivity contribution in [2.75, 3.05) is 20.0 Å². The Bertz CT molecular complexity index is 233. The molecule has 1 saturated carbocycles. The fourth-order valence-electron chi connectivity index (χ4n) is 3.04. The van der Waals surface area contributed by atoms with Gasteiger partial charge in [-0.25, -0.2) is 0 Å². The van der Waals surface area contributed by atoms with Crippen molar-refractivity contribution < 1.29 is 13.5 Å². The van der Waals surface area contributed by atoms with Gasteiger partial charge in [0.2, 0.25) is 0 Å². The van der Waals surface area contributed by atoms with Gasteiger partial charge in [0.25, 0.3) is 0 Å². The largest absolute Gasteiger partial charge is 0.361 e. The highest BCUT2D eigenvalue weighted by atomic mass is 19.1. The van der Waals surface area contributed by atoms with Crippen molar-refractivity contribution in [2.45, 2.75) is 50.8 Å². The second kappa shape index (κ2) is 4.57. The summed E-state index contributed by atoms with van der Waals surface area (Å²) in [6, 6.07) is 0.455. The van der Waals surface area contributed by atoms with Crippen LogP contribution in [0.3, 0.4) is 0 Å². The molecule has 0 bridgehead atoms. The third-order valence-corrected chi connectivity index (χ3v) is 3.84. The van der Waals surface area contributed by atoms with Crippen molar-refractivity contribution in [2.24, 2.45) is 5.41 Å². The molecule has 2 fully saturated rings. The van der Waals surface area contributed by atoms with Gasteiger partial charge < -0.3 is 4.74 Å². The van der Waals surface area contributed by atoms with E-state index in [1.54, 1.807) is 0 Å². The van der Waals surface area contributed by atoms with Crippen molar-refractivity contribution >= 4 is 0 Å². The predicted octanol–water partition coefficient (Wildman–Crippen LogP) is 2.58. The third kappa shape index (κ3) is 2.09. The summed E-state index contributed by atoms with van der Waals surface area (Å²) in [5.41, 5.74) is -1.18. The molecule has 94 valence electrons. The van der Waals surface area contributed by atoms with Gasteiger partial charge in [-0.15, -0.1) is 0 Å². The molecular formula is C12H21F2NO. The molecule has 1 heterocycles. The Morgan fingerprint density at radius 3 is 2.56 bits per heavy atom. The second-order valence-electron chi connectivity index (χ2n) is 5.38. The van der Waals surface area contributed by atoms with Gasteiger partial charge in [-0.05, 0) is 12.8 Å². The second-order valence-corrected chi connectivity index (χ2v) is 5.38. The van der Waals surface area contributed by atoms with Crippen LogP contribution in [0.4, 0.5) is 8.78 Å². The number of rotatable bonds is 4. The summed E-state index contributed by atoms with van der Waals surface area (Å²) < 4.78 is 31.2. The molecule has 1 spiro atoms. The Labute approximate surface area is 95.7 Å². The van der Waals surface area contributed by atoms with Crippen LogP contribution in [0.1, 0.15) is 39.0 Å². The van der Waals surface area contributed by atoms with Crippen LogP contribution in [0.25, 0.3) is 0 Å². The Morgan fingerprint density at radius 2 is 2.00 bits per heavy atom. The van der Waals surface area contributed by atoms with Gasteiger partial charge >= 0.3 is 0 Å². The van der Waals surface area contributed by atoms with Crippen molar-refractivity contribution in [3.05, 3.63) is 0 Å². The molecule has 0 radical (unpaired) electrons. The first kappa shape index (κ1) is 12.2. The minimum absolute atomic E-state index is 0.420. The minimum Gasteiger partial charge on any atom is -0.361 e. The standard InChI is InChI=1S/C12H21F2NO/c1-2-3-10-4-5-16-12(15-10)6-11(7-12,8-13)9-14/h10,15H,2-9H2,1H3. The average molecular weight is 233 g/mol. The lowest BCUT2D eigenvalue weighted by molar-refractivity contribution is -0.221. The van der Waals surface area contributed by atoms with E-state index < -0.39 is 24.5 Å². The van der Waals surface area contributed by atoms with E-state index in [4.69, 9.17) is 4.74 Å². The zero-order valence-electron chi connectivity index (χ0n) is 9.90. The van der Waals surface area contributed by atoms with Gasteiger partial charge in [0.15, 0.2) is 0 Å². The maximum Gasteiger partial charge on any atom is 0.120 e. The van der Waals surface area contributed by atoms with Crippen LogP contribution < -0.4 is 5.32 Å². The maximum absolute atomic E-state index is 12.8. The van der Waals surface area contributed by atoms with Crippen molar-refractivity contribution in [1.29, 1.82) is 0 Å². The fraction of sp³-hybridized carbons (Fsp3) is 1.00. The minimum atomic E-state index is -0.763. The van der Waals surface area contributed by atoms with Gasteiger partial charge in [0, 0.05) is 24.3 Å². The Hall–Kier alpha value is -0.220. The van der Waals surface area contributed by atoms with Crippen LogP contribution in [0, 0.1) is 5.41 Å². The fourth-order valence-corrected chi connectivity index (χ4v) is 3.04. The Kier molecular flexibility index (Phi) is 3.50. The lowest BCUT2D eigenvalue weighted by Crippen LogP contribution is -2.68. The molecule has 0 amide bonds. The monoisotopic (exact) mass is 233 g/mol. The molecule has 1 saturated heterocycles. The first-order chi connectivity index (χ1) is 7.67. The molecule has 1 aliphatic carbocycles. The first-order valence-electron chi connectivity index (χ1n) is 6.21. The molecule has 0 aromatic carbocycles. The normalized spacial score (nSPS) is 31.3. The summed E-state index contributed by atoms with van der Waals surface area (Å²) in [6.07, 6.45) is 4.21. The van der Waals surface area contributed by atoms with Crippen LogP contribution in [-0.4, -0.2) is 31.7 Å². The van der Waals surface area contributed by atoms with Gasteiger partial charge in [-0.2, -0.15) is 0 Å². The van der Waals surface area contributed by atoms with Gasteiger partial charge in [-0.3, -0.25) is 14.1 Å². The zero-order valence-corrected chi connectivity index (χ0v) is 9.90. The van der Waals surface area contributed by atoms with Crippen molar-refractivity contribution in [3.8, 4) is 0 Å². The molecule has 2 nitrogen and oxygen atoms in total. The smallest absolute Gasteiger partial charge is 0.120 e. The van der Waals surface area contributed by atoms with Crippen LogP contribution in [0.15, 0.2) is 0 Å². The van der Waals surface area contributed by atoms with E-state index in [1.807, 2.05) is 0 Å². The lowest BCUT2D eigenvalue weighted by atomic mass is 9.63. The first-order valence-corrected chi connectivity index (χ1v) is 6.21. The topological polar surface area (TPSA) is 21.3 Å². The highest BCUT2D eigenvalue weighted by molar-refractivity contribution is 5.06. The van der Waals surface area contributed by atoms with Crippen molar-refractivity contribution in [1.82, 2.24) is 5.32 Å². The average Bonchev–Trinajstić information content (AvgIpc) is 2.26. The number of alkyl halides is 2. The van der Waals surface area contributed by atoms with Crippen LogP contribution >= 0.6 is 0 Å². The number of ether oxygens (including phenoxy) is 1. The summed E-state index contributed by atoms with van der Waals surface area (Å²) in [4.78, 5) is 0.